The molecule has 2 atom stereocenters. The summed E-state index contributed by atoms with van der Waals surface area (Å²) >= 11 is 0. The van der Waals surface area contributed by atoms with Crippen LogP contribution in [0.4, 0.5) is 0 Å². The van der Waals surface area contributed by atoms with Gasteiger partial charge in [-0.15, -0.1) is 0 Å². The van der Waals surface area contributed by atoms with Gasteiger partial charge in [-0.1, -0.05) is 18.2 Å². The Kier molecular flexibility index (Phi) is 5.03. The van der Waals surface area contributed by atoms with Gasteiger partial charge in [-0.2, -0.15) is 5.10 Å². The van der Waals surface area contributed by atoms with Crippen molar-refractivity contribution in [1.82, 2.24) is 20.0 Å². The number of piperidine rings is 1. The number of H-pyrrole nitrogens is 1. The van der Waals surface area contributed by atoms with E-state index in [1.54, 1.807) is 0 Å². The zero-order valence-electron chi connectivity index (χ0n) is 14.6. The summed E-state index contributed by atoms with van der Waals surface area (Å²) in [6.45, 7) is -0.250. The summed E-state index contributed by atoms with van der Waals surface area (Å²) in [6.07, 6.45) is 4.70. The van der Waals surface area contributed by atoms with E-state index in [-0.39, 0.29) is 12.4 Å². The average molecular weight is 344 g/mol. The summed E-state index contributed by atoms with van der Waals surface area (Å²) in [5, 5.41) is 15.0. The minimum Gasteiger partial charge on any atom is -0.483 e. The molecule has 2 aromatic rings. The van der Waals surface area contributed by atoms with E-state index < -0.39 is 0 Å². The Balaban J connectivity index is 0.000000569. The number of nitrogens with one attached hydrogen (secondary N) is 1. The van der Waals surface area contributed by atoms with Crippen molar-refractivity contribution < 1.29 is 14.7 Å². The molecule has 2 N–H and O–H groups in total. The number of fused-ring (bicyclic) bond motifs is 3. The number of carbonyl (C=O) groups excluding carboxylic acids is 1. The quantitative estimate of drug-likeness (QED) is 0.813. The number of carbonyl (C=O) groups is 2. The third-order valence-corrected chi connectivity index (χ3v) is 5.61. The number of amides is 1. The molecule has 3 heterocycles. The molecule has 2 fully saturated rings. The zero-order chi connectivity index (χ0) is 18.0. The van der Waals surface area contributed by atoms with Crippen LogP contribution >= 0.6 is 0 Å². The Hall–Kier alpha value is -2.41. The maximum absolute atomic E-state index is 12.9. The largest absolute Gasteiger partial charge is 0.483 e. The van der Waals surface area contributed by atoms with E-state index in [1.807, 2.05) is 36.2 Å². The molecule has 25 heavy (non-hydrogen) atoms. The second-order valence-electron chi connectivity index (χ2n) is 6.81. The highest BCUT2D eigenvalue weighted by molar-refractivity contribution is 6.04. The van der Waals surface area contributed by atoms with Crippen molar-refractivity contribution in [2.24, 2.45) is 0 Å². The third kappa shape index (κ3) is 3.24. The second kappa shape index (κ2) is 7.23. The third-order valence-electron chi connectivity index (χ3n) is 5.61. The number of nitrogens with zero attached hydrogens (tertiary/aromatic N) is 3. The van der Waals surface area contributed by atoms with Crippen molar-refractivity contribution in [3.05, 3.63) is 30.0 Å². The Bertz CT molecular complexity index is 746. The smallest absolute Gasteiger partial charge is 0.290 e. The fraction of sp³-hybridized carbons (Fsp3) is 0.500. The van der Waals surface area contributed by atoms with Gasteiger partial charge in [0.2, 0.25) is 0 Å². The summed E-state index contributed by atoms with van der Waals surface area (Å²) < 4.78 is 0. The van der Waals surface area contributed by atoms with Crippen LogP contribution < -0.4 is 0 Å². The van der Waals surface area contributed by atoms with Crippen LogP contribution in [0.15, 0.2) is 24.3 Å². The van der Waals surface area contributed by atoms with Gasteiger partial charge in [0.15, 0.2) is 5.69 Å². The molecule has 2 saturated heterocycles. The standard InChI is InChI=1S/C17H22N4O.CH2O2/c1-20-11-7-8-12(20)10-13(9-11)21(2)17(22)16-14-5-3-4-6-15(14)18-19-16;2-1-3/h3-6,11-13H,7-10H2,1-2H3,(H,18,19);1H,(H,2,3). The topological polar surface area (TPSA) is 89.5 Å². The highest BCUT2D eigenvalue weighted by Crippen LogP contribution is 2.36. The first kappa shape index (κ1) is 17.4. The van der Waals surface area contributed by atoms with Crippen LogP contribution in [0, 0.1) is 0 Å². The molecule has 1 amide bonds. The first-order chi connectivity index (χ1) is 12.1. The van der Waals surface area contributed by atoms with Crippen LogP contribution in [-0.2, 0) is 4.79 Å². The Morgan fingerprint density at radius 3 is 2.56 bits per heavy atom. The molecule has 7 heteroatoms. The molecule has 1 aromatic heterocycles. The van der Waals surface area contributed by atoms with Crippen LogP contribution in [0.5, 0.6) is 0 Å². The SMILES string of the molecule is CN(C(=O)c1n[nH]c2ccccc12)C1CC2CCC(C1)N2C.O=CO. The number of para-hydroxylation sites is 1. The lowest BCUT2D eigenvalue weighted by Gasteiger charge is -2.40. The molecular weight excluding hydrogens is 320 g/mol. The number of carboxylic acid groups (broad SMARTS) is 1. The Morgan fingerprint density at radius 1 is 1.32 bits per heavy atom. The minimum absolute atomic E-state index is 0.0337. The fourth-order valence-corrected chi connectivity index (χ4v) is 4.16. The maximum Gasteiger partial charge on any atom is 0.290 e. The number of rotatable bonds is 2. The molecular formula is C18H24N4O3. The predicted octanol–water partition coefficient (Wildman–Crippen LogP) is 1.96. The number of hydrogen-bond acceptors (Lipinski definition) is 4. The number of aromatic nitrogens is 2. The summed E-state index contributed by atoms with van der Waals surface area (Å²) in [4.78, 5) is 25.6. The van der Waals surface area contributed by atoms with E-state index in [2.05, 4.69) is 22.1 Å². The highest BCUT2D eigenvalue weighted by atomic mass is 16.3. The van der Waals surface area contributed by atoms with Crippen molar-refractivity contribution >= 4 is 23.3 Å². The van der Waals surface area contributed by atoms with E-state index in [0.717, 1.165) is 23.7 Å². The van der Waals surface area contributed by atoms with E-state index in [9.17, 15) is 4.79 Å². The maximum atomic E-state index is 12.9. The van der Waals surface area contributed by atoms with Crippen LogP contribution in [-0.4, -0.2) is 69.7 Å². The van der Waals surface area contributed by atoms with Crippen molar-refractivity contribution in [3.8, 4) is 0 Å². The molecule has 0 saturated carbocycles. The molecule has 2 bridgehead atoms. The summed E-state index contributed by atoms with van der Waals surface area (Å²) in [7, 11) is 4.16. The van der Waals surface area contributed by atoms with Crippen molar-refractivity contribution in [2.75, 3.05) is 14.1 Å². The van der Waals surface area contributed by atoms with Gasteiger partial charge in [0.25, 0.3) is 12.4 Å². The zero-order valence-corrected chi connectivity index (χ0v) is 14.6. The van der Waals surface area contributed by atoms with Crippen molar-refractivity contribution in [3.63, 3.8) is 0 Å². The summed E-state index contributed by atoms with van der Waals surface area (Å²) in [6, 6.07) is 9.41. The molecule has 2 unspecified atom stereocenters. The van der Waals surface area contributed by atoms with E-state index in [4.69, 9.17) is 9.90 Å². The van der Waals surface area contributed by atoms with Crippen molar-refractivity contribution in [2.45, 2.75) is 43.8 Å². The van der Waals surface area contributed by atoms with Crippen LogP contribution in [0.2, 0.25) is 0 Å². The lowest BCUT2D eigenvalue weighted by Crippen LogP contribution is -2.49. The molecule has 1 aromatic carbocycles. The van der Waals surface area contributed by atoms with E-state index >= 15 is 0 Å². The molecule has 0 spiro atoms. The summed E-state index contributed by atoms with van der Waals surface area (Å²) in [5.41, 5.74) is 1.46. The van der Waals surface area contributed by atoms with E-state index in [0.29, 0.717) is 23.8 Å². The van der Waals surface area contributed by atoms with E-state index in [1.165, 1.54) is 12.8 Å². The highest BCUT2D eigenvalue weighted by Gasteiger charge is 2.41. The van der Waals surface area contributed by atoms with Gasteiger partial charge in [0, 0.05) is 30.6 Å². The molecule has 0 aliphatic carbocycles. The monoisotopic (exact) mass is 344 g/mol. The molecule has 134 valence electrons. The minimum atomic E-state index is -0.250. The van der Waals surface area contributed by atoms with Crippen LogP contribution in [0.3, 0.4) is 0 Å². The van der Waals surface area contributed by atoms with Gasteiger partial charge < -0.3 is 14.9 Å². The van der Waals surface area contributed by atoms with Crippen LogP contribution in [0.1, 0.15) is 36.2 Å². The molecule has 0 radical (unpaired) electrons. The van der Waals surface area contributed by atoms with Gasteiger partial charge in [-0.05, 0) is 38.8 Å². The number of hydrogen-bond donors (Lipinski definition) is 2. The lowest BCUT2D eigenvalue weighted by molar-refractivity contribution is -0.122. The Morgan fingerprint density at radius 2 is 1.92 bits per heavy atom. The summed E-state index contributed by atoms with van der Waals surface area (Å²) in [5.74, 6) is 0.0337. The molecule has 7 nitrogen and oxygen atoms in total. The molecule has 4 rings (SSSR count). The first-order valence-corrected chi connectivity index (χ1v) is 8.56. The average Bonchev–Trinajstić information content (AvgIpc) is 3.10. The van der Waals surface area contributed by atoms with Gasteiger partial charge in [-0.25, -0.2) is 0 Å². The molecule has 2 aliphatic heterocycles. The van der Waals surface area contributed by atoms with Gasteiger partial charge in [-0.3, -0.25) is 14.7 Å². The Labute approximate surface area is 146 Å². The number of benzene rings is 1. The van der Waals surface area contributed by atoms with Gasteiger partial charge in [0.1, 0.15) is 0 Å². The van der Waals surface area contributed by atoms with Gasteiger partial charge in [0.05, 0.1) is 5.52 Å². The lowest BCUT2D eigenvalue weighted by atomic mass is 9.96. The fourth-order valence-electron chi connectivity index (χ4n) is 4.16. The normalized spacial score (nSPS) is 25.3. The first-order valence-electron chi connectivity index (χ1n) is 8.56. The van der Waals surface area contributed by atoms with Crippen LogP contribution in [0.25, 0.3) is 10.9 Å². The number of aromatic amines is 1. The van der Waals surface area contributed by atoms with Crippen molar-refractivity contribution in [1.29, 1.82) is 0 Å². The predicted molar refractivity (Wildman–Crippen MR) is 94.5 cm³/mol. The van der Waals surface area contributed by atoms with Gasteiger partial charge >= 0.3 is 0 Å². The molecule has 2 aliphatic rings. The second-order valence-corrected chi connectivity index (χ2v) is 6.81.